The molecule has 5 heteroatoms. The van der Waals surface area contributed by atoms with E-state index in [-0.39, 0.29) is 6.61 Å². The molecule has 3 nitrogen and oxygen atoms in total. The van der Waals surface area contributed by atoms with Gasteiger partial charge in [-0.1, -0.05) is 41.4 Å². The molecular formula is C16H15Cl2NO2. The maximum atomic E-state index is 12.1. The van der Waals surface area contributed by atoms with Gasteiger partial charge in [0.2, 0.25) is 0 Å². The highest BCUT2D eigenvalue weighted by Gasteiger charge is 2.14. The molecule has 0 aliphatic heterocycles. The zero-order valence-electron chi connectivity index (χ0n) is 11.7. The summed E-state index contributed by atoms with van der Waals surface area (Å²) in [5.41, 5.74) is 9.27. The van der Waals surface area contributed by atoms with Gasteiger partial charge in [-0.05, 0) is 37.1 Å². The van der Waals surface area contributed by atoms with Crippen molar-refractivity contribution in [2.75, 3.05) is 5.73 Å². The molecule has 0 atom stereocenters. The Labute approximate surface area is 133 Å². The summed E-state index contributed by atoms with van der Waals surface area (Å²) in [5, 5.41) is 0.827. The first-order valence-corrected chi connectivity index (χ1v) is 7.12. The van der Waals surface area contributed by atoms with Crippen LogP contribution in [0.3, 0.4) is 0 Å². The fourth-order valence-corrected chi connectivity index (χ4v) is 2.34. The highest BCUT2D eigenvalue weighted by molar-refractivity contribution is 6.42. The fraction of sp³-hybridized carbons (Fsp3) is 0.188. The van der Waals surface area contributed by atoms with Crippen LogP contribution in [-0.4, -0.2) is 5.97 Å². The number of hydrogen-bond donors (Lipinski definition) is 1. The van der Waals surface area contributed by atoms with Gasteiger partial charge in [-0.25, -0.2) is 4.79 Å². The number of benzene rings is 2. The molecule has 0 amide bonds. The minimum atomic E-state index is -0.435. The van der Waals surface area contributed by atoms with Crippen molar-refractivity contribution in [3.63, 3.8) is 0 Å². The lowest BCUT2D eigenvalue weighted by molar-refractivity contribution is 0.0472. The molecule has 0 saturated heterocycles. The molecule has 21 heavy (non-hydrogen) atoms. The predicted molar refractivity (Wildman–Crippen MR) is 85.9 cm³/mol. The van der Waals surface area contributed by atoms with E-state index in [4.69, 9.17) is 33.7 Å². The van der Waals surface area contributed by atoms with E-state index >= 15 is 0 Å². The molecule has 0 bridgehead atoms. The Kier molecular flexibility index (Phi) is 4.76. The second-order valence-corrected chi connectivity index (χ2v) is 5.60. The SMILES string of the molecule is Cc1cc(C)c(C(=O)OCc2cccc(Cl)c2Cl)cc1N. The third kappa shape index (κ3) is 3.49. The Morgan fingerprint density at radius 1 is 1.19 bits per heavy atom. The van der Waals surface area contributed by atoms with Crippen LogP contribution in [0.25, 0.3) is 0 Å². The lowest BCUT2D eigenvalue weighted by Crippen LogP contribution is -2.09. The third-order valence-corrected chi connectivity index (χ3v) is 4.08. The molecule has 110 valence electrons. The monoisotopic (exact) mass is 323 g/mol. The maximum absolute atomic E-state index is 12.1. The minimum Gasteiger partial charge on any atom is -0.457 e. The highest BCUT2D eigenvalue weighted by Crippen LogP contribution is 2.26. The molecule has 0 radical (unpaired) electrons. The van der Waals surface area contributed by atoms with Gasteiger partial charge in [0, 0.05) is 11.3 Å². The van der Waals surface area contributed by atoms with Crippen LogP contribution >= 0.6 is 23.2 Å². The van der Waals surface area contributed by atoms with E-state index in [1.54, 1.807) is 24.3 Å². The highest BCUT2D eigenvalue weighted by atomic mass is 35.5. The fourth-order valence-electron chi connectivity index (χ4n) is 1.97. The van der Waals surface area contributed by atoms with E-state index in [9.17, 15) is 4.79 Å². The second-order valence-electron chi connectivity index (χ2n) is 4.81. The molecule has 0 aliphatic rings. The molecule has 0 unspecified atom stereocenters. The Morgan fingerprint density at radius 3 is 2.62 bits per heavy atom. The van der Waals surface area contributed by atoms with Gasteiger partial charge in [0.25, 0.3) is 0 Å². The van der Waals surface area contributed by atoms with Crippen LogP contribution in [0.2, 0.25) is 10.0 Å². The molecular weight excluding hydrogens is 309 g/mol. The van der Waals surface area contributed by atoms with E-state index in [0.717, 1.165) is 11.1 Å². The van der Waals surface area contributed by atoms with Gasteiger partial charge in [0.1, 0.15) is 6.61 Å². The number of hydrogen-bond acceptors (Lipinski definition) is 3. The van der Waals surface area contributed by atoms with Crippen LogP contribution in [0.15, 0.2) is 30.3 Å². The zero-order chi connectivity index (χ0) is 15.6. The Hall–Kier alpha value is -1.71. The van der Waals surface area contributed by atoms with Gasteiger partial charge in [0.05, 0.1) is 15.6 Å². The normalized spacial score (nSPS) is 10.5. The largest absolute Gasteiger partial charge is 0.457 e. The summed E-state index contributed by atoms with van der Waals surface area (Å²) in [6.45, 7) is 3.80. The summed E-state index contributed by atoms with van der Waals surface area (Å²) in [5.74, 6) is -0.435. The maximum Gasteiger partial charge on any atom is 0.338 e. The van der Waals surface area contributed by atoms with Crippen molar-refractivity contribution >= 4 is 34.9 Å². The standard InChI is InChI=1S/C16H15Cl2NO2/c1-9-6-10(2)14(19)7-12(9)16(20)21-8-11-4-3-5-13(17)15(11)18/h3-7H,8,19H2,1-2H3. The van der Waals surface area contributed by atoms with E-state index in [1.807, 2.05) is 19.9 Å². The minimum absolute atomic E-state index is 0.0610. The quantitative estimate of drug-likeness (QED) is 0.666. The van der Waals surface area contributed by atoms with E-state index in [1.165, 1.54) is 0 Å². The Bertz CT molecular complexity index is 699. The Balaban J connectivity index is 2.16. The molecule has 0 spiro atoms. The van der Waals surface area contributed by atoms with Crippen LogP contribution in [0.4, 0.5) is 5.69 Å². The van der Waals surface area contributed by atoms with Crippen molar-refractivity contribution in [2.24, 2.45) is 0 Å². The number of nitrogen functional groups attached to an aromatic ring is 1. The number of anilines is 1. The average Bonchev–Trinajstić information content (AvgIpc) is 2.44. The van der Waals surface area contributed by atoms with Crippen LogP contribution in [0.1, 0.15) is 27.0 Å². The van der Waals surface area contributed by atoms with E-state index < -0.39 is 5.97 Å². The molecule has 2 aromatic rings. The molecule has 0 fully saturated rings. The van der Waals surface area contributed by atoms with Gasteiger partial charge in [-0.3, -0.25) is 0 Å². The van der Waals surface area contributed by atoms with Crippen LogP contribution in [-0.2, 0) is 11.3 Å². The number of nitrogens with two attached hydrogens (primary N) is 1. The Morgan fingerprint density at radius 2 is 1.90 bits per heavy atom. The van der Waals surface area contributed by atoms with E-state index in [0.29, 0.717) is 26.9 Å². The summed E-state index contributed by atoms with van der Waals surface area (Å²) < 4.78 is 5.29. The summed E-state index contributed by atoms with van der Waals surface area (Å²) in [4.78, 5) is 12.1. The van der Waals surface area contributed by atoms with Crippen LogP contribution in [0.5, 0.6) is 0 Å². The predicted octanol–water partition coefficient (Wildman–Crippen LogP) is 4.55. The first kappa shape index (κ1) is 15.7. The van der Waals surface area contributed by atoms with Gasteiger partial charge in [-0.15, -0.1) is 0 Å². The summed E-state index contributed by atoms with van der Waals surface area (Å²) in [6.07, 6.45) is 0. The number of ether oxygens (including phenoxy) is 1. The van der Waals surface area contributed by atoms with Crippen molar-refractivity contribution in [3.05, 3.63) is 62.6 Å². The molecule has 2 rings (SSSR count). The smallest absolute Gasteiger partial charge is 0.338 e. The number of halogens is 2. The average molecular weight is 324 g/mol. The van der Waals surface area contributed by atoms with Crippen LogP contribution in [0, 0.1) is 13.8 Å². The van der Waals surface area contributed by atoms with Crippen molar-refractivity contribution in [1.29, 1.82) is 0 Å². The summed E-state index contributed by atoms with van der Waals surface area (Å²) >= 11 is 12.0. The molecule has 0 heterocycles. The lowest BCUT2D eigenvalue weighted by Gasteiger charge is -2.11. The van der Waals surface area contributed by atoms with Crippen molar-refractivity contribution in [1.82, 2.24) is 0 Å². The summed E-state index contributed by atoms with van der Waals surface area (Å²) in [6, 6.07) is 8.69. The van der Waals surface area contributed by atoms with Crippen LogP contribution < -0.4 is 5.73 Å². The van der Waals surface area contributed by atoms with E-state index in [2.05, 4.69) is 0 Å². The zero-order valence-corrected chi connectivity index (χ0v) is 13.3. The molecule has 2 N–H and O–H groups in total. The van der Waals surface area contributed by atoms with Crippen molar-refractivity contribution < 1.29 is 9.53 Å². The number of esters is 1. The molecule has 2 aromatic carbocycles. The lowest BCUT2D eigenvalue weighted by atomic mass is 10.0. The molecule has 0 aromatic heterocycles. The third-order valence-electron chi connectivity index (χ3n) is 3.22. The molecule has 0 saturated carbocycles. The van der Waals surface area contributed by atoms with Crippen molar-refractivity contribution in [3.8, 4) is 0 Å². The number of aryl methyl sites for hydroxylation is 2. The van der Waals surface area contributed by atoms with Gasteiger partial charge < -0.3 is 10.5 Å². The molecule has 0 aliphatic carbocycles. The van der Waals surface area contributed by atoms with Gasteiger partial charge in [0.15, 0.2) is 0 Å². The first-order valence-electron chi connectivity index (χ1n) is 6.37. The number of carbonyl (C=O) groups excluding carboxylic acids is 1. The van der Waals surface area contributed by atoms with Gasteiger partial charge in [-0.2, -0.15) is 0 Å². The summed E-state index contributed by atoms with van der Waals surface area (Å²) in [7, 11) is 0. The topological polar surface area (TPSA) is 52.3 Å². The first-order chi connectivity index (χ1) is 9.90. The number of carbonyl (C=O) groups is 1. The van der Waals surface area contributed by atoms with Gasteiger partial charge >= 0.3 is 5.97 Å². The number of rotatable bonds is 3. The van der Waals surface area contributed by atoms with Crippen molar-refractivity contribution in [2.45, 2.75) is 20.5 Å². The second kappa shape index (κ2) is 6.37.